The smallest absolute Gasteiger partial charge is 0.244 e. The van der Waals surface area contributed by atoms with Gasteiger partial charge in [0.05, 0.1) is 5.69 Å². The number of carbonyl (C=O) groups is 1. The molecule has 150 valence electrons. The number of fused-ring (bicyclic) bond motifs is 1. The molecule has 1 unspecified atom stereocenters. The molecule has 2 aromatic rings. The molecule has 0 aromatic carbocycles. The predicted molar refractivity (Wildman–Crippen MR) is 108 cm³/mol. The highest BCUT2D eigenvalue weighted by Gasteiger charge is 2.32. The predicted octanol–water partition coefficient (Wildman–Crippen LogP) is 2.70. The van der Waals surface area contributed by atoms with Gasteiger partial charge in [0.2, 0.25) is 15.9 Å². The minimum Gasteiger partial charge on any atom is -0.302 e. The molecule has 9 heteroatoms. The van der Waals surface area contributed by atoms with Crippen LogP contribution in [0.2, 0.25) is 0 Å². The number of amides is 1. The van der Waals surface area contributed by atoms with Gasteiger partial charge in [0, 0.05) is 36.3 Å². The first kappa shape index (κ1) is 19.5. The number of thiazole rings is 1. The molecule has 1 atom stereocenters. The van der Waals surface area contributed by atoms with Gasteiger partial charge < -0.3 is 5.32 Å². The standard InChI is InChI=1S/C19H24N4O3S2/c1-13-4-5-16-17(11-13)27-19(21-16)22-18(24)14-6-9-23(10-7-14)28(25,26)15-3-2-8-20-12-15/h2-3,8,12-14H,4-7,9-11H2,1H3,(H,21,22,24). The van der Waals surface area contributed by atoms with Gasteiger partial charge in [0.1, 0.15) is 4.90 Å². The maximum absolute atomic E-state index is 12.7. The molecule has 4 rings (SSSR count). The minimum atomic E-state index is -3.55. The van der Waals surface area contributed by atoms with E-state index in [1.165, 1.54) is 15.4 Å². The zero-order valence-electron chi connectivity index (χ0n) is 15.8. The number of anilines is 1. The number of piperidine rings is 1. The maximum Gasteiger partial charge on any atom is 0.244 e. The van der Waals surface area contributed by atoms with E-state index in [9.17, 15) is 13.2 Å². The number of aromatic nitrogens is 2. The fraction of sp³-hybridized carbons (Fsp3) is 0.526. The fourth-order valence-electron chi connectivity index (χ4n) is 3.81. The van der Waals surface area contributed by atoms with Crippen molar-refractivity contribution in [2.24, 2.45) is 11.8 Å². The van der Waals surface area contributed by atoms with Crippen LogP contribution in [0.5, 0.6) is 0 Å². The van der Waals surface area contributed by atoms with Crippen molar-refractivity contribution >= 4 is 32.4 Å². The van der Waals surface area contributed by atoms with Crippen LogP contribution in [0.3, 0.4) is 0 Å². The van der Waals surface area contributed by atoms with Gasteiger partial charge in [-0.05, 0) is 50.2 Å². The molecule has 0 radical (unpaired) electrons. The summed E-state index contributed by atoms with van der Waals surface area (Å²) in [5.74, 6) is 0.417. The van der Waals surface area contributed by atoms with Crippen molar-refractivity contribution in [3.05, 3.63) is 35.1 Å². The molecule has 0 saturated carbocycles. The molecule has 2 aliphatic rings. The third-order valence-corrected chi connectivity index (χ3v) is 8.43. The molecule has 1 saturated heterocycles. The maximum atomic E-state index is 12.7. The number of pyridine rings is 1. The van der Waals surface area contributed by atoms with E-state index < -0.39 is 10.0 Å². The molecule has 28 heavy (non-hydrogen) atoms. The second-order valence-electron chi connectivity index (χ2n) is 7.59. The summed E-state index contributed by atoms with van der Waals surface area (Å²) in [4.78, 5) is 22.6. The van der Waals surface area contributed by atoms with Crippen molar-refractivity contribution in [1.29, 1.82) is 0 Å². The second kappa shape index (κ2) is 7.88. The number of hydrogen-bond donors (Lipinski definition) is 1. The third-order valence-electron chi connectivity index (χ3n) is 5.51. The molecular formula is C19H24N4O3S2. The van der Waals surface area contributed by atoms with Gasteiger partial charge in [0.15, 0.2) is 5.13 Å². The second-order valence-corrected chi connectivity index (χ2v) is 10.6. The van der Waals surface area contributed by atoms with Crippen molar-refractivity contribution in [1.82, 2.24) is 14.3 Å². The van der Waals surface area contributed by atoms with E-state index in [0.29, 0.717) is 37.0 Å². The quantitative estimate of drug-likeness (QED) is 0.821. The zero-order valence-corrected chi connectivity index (χ0v) is 17.4. The number of sulfonamides is 1. The van der Waals surface area contributed by atoms with Crippen molar-refractivity contribution in [3.63, 3.8) is 0 Å². The fourth-order valence-corrected chi connectivity index (χ4v) is 6.42. The largest absolute Gasteiger partial charge is 0.302 e. The van der Waals surface area contributed by atoms with Crippen molar-refractivity contribution in [2.75, 3.05) is 18.4 Å². The molecule has 0 bridgehead atoms. The minimum absolute atomic E-state index is 0.0578. The number of rotatable bonds is 4. The molecule has 7 nitrogen and oxygen atoms in total. The lowest BCUT2D eigenvalue weighted by Gasteiger charge is -2.30. The van der Waals surface area contributed by atoms with Gasteiger partial charge in [0.25, 0.3) is 0 Å². The average Bonchev–Trinajstić information content (AvgIpc) is 3.10. The first-order chi connectivity index (χ1) is 13.4. The summed E-state index contributed by atoms with van der Waals surface area (Å²) >= 11 is 1.58. The Hall–Kier alpha value is -1.84. The molecule has 2 aromatic heterocycles. The van der Waals surface area contributed by atoms with E-state index in [1.807, 2.05) is 0 Å². The van der Waals surface area contributed by atoms with Gasteiger partial charge >= 0.3 is 0 Å². The van der Waals surface area contributed by atoms with E-state index in [0.717, 1.165) is 25.0 Å². The molecular weight excluding hydrogens is 396 g/mol. The summed E-state index contributed by atoms with van der Waals surface area (Å²) in [5, 5.41) is 3.63. The van der Waals surface area contributed by atoms with E-state index in [-0.39, 0.29) is 16.7 Å². The van der Waals surface area contributed by atoms with Crippen LogP contribution >= 0.6 is 11.3 Å². The molecule has 1 N–H and O–H groups in total. The van der Waals surface area contributed by atoms with Gasteiger partial charge in [-0.15, -0.1) is 11.3 Å². The number of nitrogens with zero attached hydrogens (tertiary/aromatic N) is 3. The number of carbonyl (C=O) groups excluding carboxylic acids is 1. The molecule has 1 amide bonds. The normalized spacial score (nSPS) is 21.2. The van der Waals surface area contributed by atoms with Gasteiger partial charge in [-0.2, -0.15) is 4.31 Å². The third kappa shape index (κ3) is 3.97. The highest BCUT2D eigenvalue weighted by molar-refractivity contribution is 7.89. The van der Waals surface area contributed by atoms with Crippen LogP contribution in [-0.4, -0.2) is 41.7 Å². The Labute approximate surface area is 169 Å². The Balaban J connectivity index is 1.36. The Morgan fingerprint density at radius 3 is 2.79 bits per heavy atom. The van der Waals surface area contributed by atoms with Crippen LogP contribution in [-0.2, 0) is 27.7 Å². The Kier molecular flexibility index (Phi) is 5.48. The Morgan fingerprint density at radius 1 is 1.29 bits per heavy atom. The van der Waals surface area contributed by atoms with Crippen molar-refractivity contribution in [3.8, 4) is 0 Å². The lowest BCUT2D eigenvalue weighted by atomic mass is 9.93. The summed E-state index contributed by atoms with van der Waals surface area (Å²) in [5.41, 5.74) is 1.12. The average molecular weight is 421 g/mol. The Morgan fingerprint density at radius 2 is 2.07 bits per heavy atom. The molecule has 3 heterocycles. The highest BCUT2D eigenvalue weighted by atomic mass is 32.2. The number of aryl methyl sites for hydroxylation is 1. The SMILES string of the molecule is CC1CCc2nc(NC(=O)C3CCN(S(=O)(=O)c4cccnc4)CC3)sc2C1. The van der Waals surface area contributed by atoms with Gasteiger partial charge in [-0.1, -0.05) is 6.92 Å². The first-order valence-electron chi connectivity index (χ1n) is 9.63. The van der Waals surface area contributed by atoms with Crippen LogP contribution < -0.4 is 5.32 Å². The number of hydrogen-bond acceptors (Lipinski definition) is 6. The van der Waals surface area contributed by atoms with Crippen LogP contribution in [0.4, 0.5) is 5.13 Å². The van der Waals surface area contributed by atoms with Gasteiger partial charge in [-0.25, -0.2) is 13.4 Å². The molecule has 1 aliphatic heterocycles. The van der Waals surface area contributed by atoms with Crippen LogP contribution in [0.25, 0.3) is 0 Å². The van der Waals surface area contributed by atoms with Crippen LogP contribution in [0, 0.1) is 11.8 Å². The van der Waals surface area contributed by atoms with Gasteiger partial charge in [-0.3, -0.25) is 9.78 Å². The van der Waals surface area contributed by atoms with E-state index in [4.69, 9.17) is 0 Å². The Bertz CT molecular complexity index is 951. The summed E-state index contributed by atoms with van der Waals surface area (Å²) in [7, 11) is -3.55. The summed E-state index contributed by atoms with van der Waals surface area (Å²) in [6, 6.07) is 3.16. The summed E-state index contributed by atoms with van der Waals surface area (Å²) < 4.78 is 26.8. The molecule has 1 aliphatic carbocycles. The van der Waals surface area contributed by atoms with E-state index in [2.05, 4.69) is 22.2 Å². The summed E-state index contributed by atoms with van der Waals surface area (Å²) in [6.45, 7) is 2.91. The number of nitrogens with one attached hydrogen (secondary N) is 1. The molecule has 0 spiro atoms. The lowest BCUT2D eigenvalue weighted by Crippen LogP contribution is -2.41. The van der Waals surface area contributed by atoms with E-state index >= 15 is 0 Å². The van der Waals surface area contributed by atoms with Crippen molar-refractivity contribution < 1.29 is 13.2 Å². The monoisotopic (exact) mass is 420 g/mol. The zero-order chi connectivity index (χ0) is 19.7. The highest BCUT2D eigenvalue weighted by Crippen LogP contribution is 2.33. The van der Waals surface area contributed by atoms with Crippen LogP contribution in [0.1, 0.15) is 36.8 Å². The van der Waals surface area contributed by atoms with E-state index in [1.54, 1.807) is 29.7 Å². The lowest BCUT2D eigenvalue weighted by molar-refractivity contribution is -0.120. The van der Waals surface area contributed by atoms with Crippen molar-refractivity contribution in [2.45, 2.75) is 43.9 Å². The first-order valence-corrected chi connectivity index (χ1v) is 11.9. The molecule has 1 fully saturated rings. The summed E-state index contributed by atoms with van der Waals surface area (Å²) in [6.07, 6.45) is 7.09. The topological polar surface area (TPSA) is 92.3 Å². The van der Waals surface area contributed by atoms with Crippen LogP contribution in [0.15, 0.2) is 29.4 Å².